The zero-order valence-corrected chi connectivity index (χ0v) is 20.2. The van der Waals surface area contributed by atoms with E-state index >= 15 is 0 Å². The molecular formula is C25H26Cl2N2O4. The van der Waals surface area contributed by atoms with Crippen molar-refractivity contribution in [1.82, 2.24) is 5.43 Å². The van der Waals surface area contributed by atoms with Gasteiger partial charge in [-0.25, -0.2) is 0 Å². The van der Waals surface area contributed by atoms with Crippen LogP contribution >= 0.6 is 23.2 Å². The Balaban J connectivity index is 1.68. The van der Waals surface area contributed by atoms with Crippen LogP contribution in [0.4, 0.5) is 0 Å². The molecule has 0 aliphatic heterocycles. The monoisotopic (exact) mass is 488 g/mol. The second kappa shape index (κ2) is 12.2. The normalized spacial score (nSPS) is 10.8. The minimum atomic E-state index is 0.278. The maximum absolute atomic E-state index is 6.50. The molecule has 0 fully saturated rings. The van der Waals surface area contributed by atoms with Crippen LogP contribution in [0.25, 0.3) is 0 Å². The average Bonchev–Trinajstić information content (AvgIpc) is 2.82. The highest BCUT2D eigenvalue weighted by Gasteiger charge is 2.13. The van der Waals surface area contributed by atoms with Crippen molar-refractivity contribution in [2.75, 3.05) is 20.8 Å². The van der Waals surface area contributed by atoms with Crippen LogP contribution < -0.4 is 24.4 Å². The summed E-state index contributed by atoms with van der Waals surface area (Å²) < 4.78 is 22.3. The second-order valence-corrected chi connectivity index (χ2v) is 7.74. The number of ether oxygens (including phenoxy) is 4. The van der Waals surface area contributed by atoms with Gasteiger partial charge in [-0.2, -0.15) is 5.10 Å². The van der Waals surface area contributed by atoms with Gasteiger partial charge in [-0.15, -0.1) is 0 Å². The largest absolute Gasteiger partial charge is 0.493 e. The Bertz CT molecular complexity index is 1110. The number of rotatable bonds is 11. The molecule has 0 aliphatic carbocycles. The average molecular weight is 489 g/mol. The predicted molar refractivity (Wildman–Crippen MR) is 132 cm³/mol. The van der Waals surface area contributed by atoms with Gasteiger partial charge in [-0.1, -0.05) is 47.5 Å². The molecule has 3 aromatic rings. The second-order valence-electron chi connectivity index (χ2n) is 6.93. The van der Waals surface area contributed by atoms with Gasteiger partial charge in [0, 0.05) is 10.6 Å². The zero-order chi connectivity index (χ0) is 23.6. The minimum Gasteiger partial charge on any atom is -0.493 e. The molecule has 6 nitrogen and oxygen atoms in total. The van der Waals surface area contributed by atoms with E-state index < -0.39 is 0 Å². The lowest BCUT2D eigenvalue weighted by atomic mass is 10.2. The van der Waals surface area contributed by atoms with E-state index in [0.29, 0.717) is 46.2 Å². The van der Waals surface area contributed by atoms with Gasteiger partial charge < -0.3 is 24.4 Å². The number of hydrogen-bond acceptors (Lipinski definition) is 6. The smallest absolute Gasteiger partial charge is 0.180 e. The first kappa shape index (κ1) is 24.6. The Labute approximate surface area is 204 Å². The molecule has 33 heavy (non-hydrogen) atoms. The first-order valence-corrected chi connectivity index (χ1v) is 11.1. The van der Waals surface area contributed by atoms with Gasteiger partial charge in [0.15, 0.2) is 23.0 Å². The summed E-state index contributed by atoms with van der Waals surface area (Å²) in [6, 6.07) is 16.8. The summed E-state index contributed by atoms with van der Waals surface area (Å²) in [6.45, 7) is 3.16. The lowest BCUT2D eigenvalue weighted by Crippen LogP contribution is -2.06. The fourth-order valence-electron chi connectivity index (χ4n) is 3.08. The number of hydrazone groups is 1. The summed E-state index contributed by atoms with van der Waals surface area (Å²) in [5.74, 6) is 2.35. The molecule has 0 aliphatic rings. The maximum atomic E-state index is 6.50. The molecule has 0 unspecified atom stereocenters. The topological polar surface area (TPSA) is 61.3 Å². The third-order valence-electron chi connectivity index (χ3n) is 4.70. The van der Waals surface area contributed by atoms with Gasteiger partial charge in [-0.05, 0) is 48.4 Å². The van der Waals surface area contributed by atoms with Crippen molar-refractivity contribution >= 4 is 29.4 Å². The van der Waals surface area contributed by atoms with Crippen molar-refractivity contribution in [3.8, 4) is 23.0 Å². The van der Waals surface area contributed by atoms with Crippen LogP contribution in [0.2, 0.25) is 10.0 Å². The molecule has 0 saturated carbocycles. The van der Waals surface area contributed by atoms with Gasteiger partial charge in [0.05, 0.1) is 38.6 Å². The van der Waals surface area contributed by atoms with Gasteiger partial charge in [-0.3, -0.25) is 0 Å². The molecule has 3 aromatic carbocycles. The van der Waals surface area contributed by atoms with Crippen LogP contribution in [0.3, 0.4) is 0 Å². The quantitative estimate of drug-likeness (QED) is 0.260. The van der Waals surface area contributed by atoms with E-state index in [9.17, 15) is 0 Å². The van der Waals surface area contributed by atoms with E-state index in [0.717, 1.165) is 16.7 Å². The van der Waals surface area contributed by atoms with E-state index in [2.05, 4.69) is 10.5 Å². The third-order valence-corrected chi connectivity index (χ3v) is 5.35. The predicted octanol–water partition coefficient (Wildman–Crippen LogP) is 6.11. The molecule has 0 bridgehead atoms. The highest BCUT2D eigenvalue weighted by Crippen LogP contribution is 2.37. The van der Waals surface area contributed by atoms with E-state index in [1.807, 2.05) is 55.5 Å². The van der Waals surface area contributed by atoms with Crippen LogP contribution in [0.1, 0.15) is 23.6 Å². The lowest BCUT2D eigenvalue weighted by molar-refractivity contribution is 0.269. The molecule has 0 amide bonds. The summed E-state index contributed by atoms with van der Waals surface area (Å²) in [5, 5.41) is 5.35. The highest BCUT2D eigenvalue weighted by atomic mass is 35.5. The third kappa shape index (κ3) is 6.70. The number of nitrogens with zero attached hydrogens (tertiary/aromatic N) is 1. The summed E-state index contributed by atoms with van der Waals surface area (Å²) in [4.78, 5) is 0. The molecule has 0 saturated heterocycles. The maximum Gasteiger partial charge on any atom is 0.180 e. The van der Waals surface area contributed by atoms with Crippen molar-refractivity contribution in [3.05, 3.63) is 81.3 Å². The van der Waals surface area contributed by atoms with Crippen molar-refractivity contribution in [2.24, 2.45) is 5.10 Å². The van der Waals surface area contributed by atoms with Gasteiger partial charge in [0.25, 0.3) is 0 Å². The van der Waals surface area contributed by atoms with Crippen molar-refractivity contribution in [2.45, 2.75) is 20.1 Å². The molecule has 1 N–H and O–H groups in total. The Kier molecular flexibility index (Phi) is 9.10. The summed E-state index contributed by atoms with van der Waals surface area (Å²) >= 11 is 12.7. The molecule has 3 rings (SSSR count). The molecular weight excluding hydrogens is 463 g/mol. The first-order valence-electron chi connectivity index (χ1n) is 10.3. The fraction of sp³-hybridized carbons (Fsp3) is 0.240. The molecule has 0 spiro atoms. The minimum absolute atomic E-state index is 0.278. The Morgan fingerprint density at radius 3 is 2.39 bits per heavy atom. The van der Waals surface area contributed by atoms with Crippen LogP contribution in [0.15, 0.2) is 59.7 Å². The summed E-state index contributed by atoms with van der Waals surface area (Å²) in [5.41, 5.74) is 5.66. The molecule has 174 valence electrons. The van der Waals surface area contributed by atoms with Gasteiger partial charge in [0.1, 0.15) is 6.61 Å². The summed E-state index contributed by atoms with van der Waals surface area (Å²) in [6.07, 6.45) is 1.67. The Hall–Kier alpha value is -3.09. The van der Waals surface area contributed by atoms with Crippen LogP contribution in [-0.4, -0.2) is 27.0 Å². The van der Waals surface area contributed by atoms with E-state index in [1.54, 1.807) is 26.5 Å². The number of nitrogens with one attached hydrogen (secondary N) is 1. The molecule has 0 radical (unpaired) electrons. The molecule has 0 aromatic heterocycles. The lowest BCUT2D eigenvalue weighted by Gasteiger charge is -2.15. The Morgan fingerprint density at radius 1 is 0.879 bits per heavy atom. The first-order chi connectivity index (χ1) is 16.0. The number of halogens is 2. The van der Waals surface area contributed by atoms with E-state index in [1.165, 1.54) is 0 Å². The molecule has 0 heterocycles. The van der Waals surface area contributed by atoms with Crippen LogP contribution in [0, 0.1) is 0 Å². The zero-order valence-electron chi connectivity index (χ0n) is 18.7. The van der Waals surface area contributed by atoms with E-state index in [-0.39, 0.29) is 6.61 Å². The fourth-order valence-corrected chi connectivity index (χ4v) is 3.54. The molecule has 8 heteroatoms. The van der Waals surface area contributed by atoms with Crippen molar-refractivity contribution in [3.63, 3.8) is 0 Å². The number of hydrogen-bond donors (Lipinski definition) is 1. The van der Waals surface area contributed by atoms with Crippen LogP contribution in [-0.2, 0) is 13.2 Å². The van der Waals surface area contributed by atoms with Crippen molar-refractivity contribution < 1.29 is 18.9 Å². The van der Waals surface area contributed by atoms with Gasteiger partial charge >= 0.3 is 0 Å². The van der Waals surface area contributed by atoms with Crippen LogP contribution in [0.5, 0.6) is 23.0 Å². The number of benzene rings is 3. The summed E-state index contributed by atoms with van der Waals surface area (Å²) in [7, 11) is 3.21. The number of methoxy groups -OCH3 is 2. The standard InChI is InChI=1S/C25H26Cl2N2O4/c1-4-32-24-13-18(11-21(27)25(24)33-16-19-7-5-6-8-20(19)26)15-29-28-14-17-9-10-22(30-2)23(12-17)31-3/h5-13,15,28H,4,14,16H2,1-3H3/b29-15+. The highest BCUT2D eigenvalue weighted by molar-refractivity contribution is 6.32. The van der Waals surface area contributed by atoms with Crippen molar-refractivity contribution in [1.29, 1.82) is 0 Å². The SMILES string of the molecule is CCOc1cc(/C=N/NCc2ccc(OC)c(OC)c2)cc(Cl)c1OCc1ccccc1Cl. The molecule has 0 atom stereocenters. The van der Waals surface area contributed by atoms with E-state index in [4.69, 9.17) is 42.1 Å². The Morgan fingerprint density at radius 2 is 1.67 bits per heavy atom. The van der Waals surface area contributed by atoms with Gasteiger partial charge in [0.2, 0.25) is 0 Å².